The SMILES string of the molecule is C[C@@H](OC(=O)CCCN1C(=O)NC2(CCCC2)C1=O)C(=O)NCc1ccc2c(c1)OCO2. The van der Waals surface area contributed by atoms with Crippen LogP contribution in [0.25, 0.3) is 0 Å². The molecule has 1 saturated heterocycles. The van der Waals surface area contributed by atoms with Crippen LogP contribution in [0.2, 0.25) is 0 Å². The van der Waals surface area contributed by atoms with Crippen LogP contribution in [-0.2, 0) is 25.7 Å². The van der Waals surface area contributed by atoms with Crippen molar-refractivity contribution < 1.29 is 33.4 Å². The van der Waals surface area contributed by atoms with Gasteiger partial charge in [-0.2, -0.15) is 0 Å². The number of ether oxygens (including phenoxy) is 3. The lowest BCUT2D eigenvalue weighted by Gasteiger charge is -2.20. The molecule has 2 N–H and O–H groups in total. The molecule has 172 valence electrons. The van der Waals surface area contributed by atoms with E-state index >= 15 is 0 Å². The fraction of sp³-hybridized carbons (Fsp3) is 0.545. The maximum Gasteiger partial charge on any atom is 0.325 e. The summed E-state index contributed by atoms with van der Waals surface area (Å²) in [6.07, 6.45) is 2.48. The van der Waals surface area contributed by atoms with Crippen molar-refractivity contribution in [3.05, 3.63) is 23.8 Å². The van der Waals surface area contributed by atoms with E-state index in [9.17, 15) is 19.2 Å². The van der Waals surface area contributed by atoms with Gasteiger partial charge in [0, 0.05) is 19.5 Å². The molecule has 1 saturated carbocycles. The number of carbonyl (C=O) groups is 4. The molecular formula is C22H27N3O7. The van der Waals surface area contributed by atoms with Gasteiger partial charge in [-0.3, -0.25) is 19.3 Å². The van der Waals surface area contributed by atoms with Crippen LogP contribution in [0.5, 0.6) is 11.5 Å². The summed E-state index contributed by atoms with van der Waals surface area (Å²) in [5.41, 5.74) is 0.0806. The summed E-state index contributed by atoms with van der Waals surface area (Å²) in [5.74, 6) is 0.102. The maximum absolute atomic E-state index is 12.6. The average molecular weight is 445 g/mol. The first-order valence-corrected chi connectivity index (χ1v) is 10.9. The zero-order valence-corrected chi connectivity index (χ0v) is 18.0. The number of benzene rings is 1. The number of nitrogens with zero attached hydrogens (tertiary/aromatic N) is 1. The molecule has 2 aliphatic heterocycles. The van der Waals surface area contributed by atoms with Crippen LogP contribution in [0, 0.1) is 0 Å². The molecule has 2 heterocycles. The molecule has 0 aromatic heterocycles. The lowest BCUT2D eigenvalue weighted by Crippen LogP contribution is -2.44. The Morgan fingerprint density at radius 2 is 1.97 bits per heavy atom. The summed E-state index contributed by atoms with van der Waals surface area (Å²) >= 11 is 0. The molecule has 4 rings (SSSR count). The van der Waals surface area contributed by atoms with Crippen LogP contribution in [0.15, 0.2) is 18.2 Å². The summed E-state index contributed by atoms with van der Waals surface area (Å²) in [4.78, 5) is 50.3. The molecule has 1 aliphatic carbocycles. The molecule has 10 heteroatoms. The van der Waals surface area contributed by atoms with E-state index in [0.717, 1.165) is 18.4 Å². The molecule has 3 aliphatic rings. The maximum atomic E-state index is 12.6. The number of imide groups is 1. The number of urea groups is 1. The third-order valence-corrected chi connectivity index (χ3v) is 6.05. The third kappa shape index (κ3) is 4.49. The van der Waals surface area contributed by atoms with E-state index in [4.69, 9.17) is 14.2 Å². The van der Waals surface area contributed by atoms with Crippen molar-refractivity contribution in [2.45, 2.75) is 63.6 Å². The smallest absolute Gasteiger partial charge is 0.325 e. The number of rotatable bonds is 8. The van der Waals surface area contributed by atoms with Gasteiger partial charge in [0.25, 0.3) is 11.8 Å². The molecule has 10 nitrogen and oxygen atoms in total. The van der Waals surface area contributed by atoms with E-state index in [2.05, 4.69) is 10.6 Å². The van der Waals surface area contributed by atoms with Gasteiger partial charge >= 0.3 is 12.0 Å². The number of hydrogen-bond acceptors (Lipinski definition) is 7. The van der Waals surface area contributed by atoms with Crippen LogP contribution >= 0.6 is 0 Å². The monoisotopic (exact) mass is 445 g/mol. The van der Waals surface area contributed by atoms with E-state index in [1.807, 2.05) is 6.07 Å². The van der Waals surface area contributed by atoms with Crippen molar-refractivity contribution in [3.8, 4) is 11.5 Å². The summed E-state index contributed by atoms with van der Waals surface area (Å²) in [5, 5.41) is 5.53. The number of hydrogen-bond donors (Lipinski definition) is 2. The summed E-state index contributed by atoms with van der Waals surface area (Å²) in [6.45, 7) is 2.07. The number of carbonyl (C=O) groups excluding carboxylic acids is 4. The Morgan fingerprint density at radius 1 is 1.22 bits per heavy atom. The van der Waals surface area contributed by atoms with E-state index in [1.54, 1.807) is 12.1 Å². The number of fused-ring (bicyclic) bond motifs is 1. The van der Waals surface area contributed by atoms with Crippen molar-refractivity contribution in [1.29, 1.82) is 0 Å². The minimum atomic E-state index is -0.963. The predicted molar refractivity (Wildman–Crippen MR) is 111 cm³/mol. The minimum Gasteiger partial charge on any atom is -0.454 e. The fourth-order valence-corrected chi connectivity index (χ4v) is 4.27. The van der Waals surface area contributed by atoms with Gasteiger partial charge in [0.1, 0.15) is 5.54 Å². The Morgan fingerprint density at radius 3 is 2.75 bits per heavy atom. The zero-order chi connectivity index (χ0) is 22.7. The van der Waals surface area contributed by atoms with Gasteiger partial charge in [-0.05, 0) is 43.9 Å². The van der Waals surface area contributed by atoms with Gasteiger partial charge < -0.3 is 24.8 Å². The molecule has 1 atom stereocenters. The highest BCUT2D eigenvalue weighted by atomic mass is 16.7. The van der Waals surface area contributed by atoms with Gasteiger partial charge in [-0.1, -0.05) is 18.9 Å². The first kappa shape index (κ1) is 21.9. The molecule has 1 aromatic rings. The second-order valence-electron chi connectivity index (χ2n) is 8.32. The fourth-order valence-electron chi connectivity index (χ4n) is 4.27. The van der Waals surface area contributed by atoms with Gasteiger partial charge in [0.2, 0.25) is 6.79 Å². The second-order valence-corrected chi connectivity index (χ2v) is 8.32. The normalized spacial score (nSPS) is 19.2. The average Bonchev–Trinajstić information content (AvgIpc) is 3.48. The Balaban J connectivity index is 1.17. The first-order chi connectivity index (χ1) is 15.4. The van der Waals surface area contributed by atoms with Crippen molar-refractivity contribution in [1.82, 2.24) is 15.5 Å². The molecule has 32 heavy (non-hydrogen) atoms. The van der Waals surface area contributed by atoms with E-state index < -0.39 is 29.6 Å². The lowest BCUT2D eigenvalue weighted by molar-refractivity contribution is -0.155. The number of nitrogens with one attached hydrogen (secondary N) is 2. The molecule has 1 aromatic carbocycles. The molecule has 0 radical (unpaired) electrons. The highest BCUT2D eigenvalue weighted by molar-refractivity contribution is 6.07. The van der Waals surface area contributed by atoms with Crippen LogP contribution < -0.4 is 20.1 Å². The number of esters is 1. The number of amides is 4. The molecule has 1 spiro atoms. The predicted octanol–water partition coefficient (Wildman–Crippen LogP) is 1.61. The summed E-state index contributed by atoms with van der Waals surface area (Å²) < 4.78 is 15.7. The third-order valence-electron chi connectivity index (χ3n) is 6.05. The van der Waals surface area contributed by atoms with Gasteiger partial charge in [-0.15, -0.1) is 0 Å². The molecule has 0 bridgehead atoms. The Bertz CT molecular complexity index is 926. The highest BCUT2D eigenvalue weighted by Gasteiger charge is 2.52. The van der Waals surface area contributed by atoms with Crippen LogP contribution in [0.3, 0.4) is 0 Å². The Labute approximate surface area is 185 Å². The molecule has 4 amide bonds. The van der Waals surface area contributed by atoms with Gasteiger partial charge in [0.15, 0.2) is 17.6 Å². The zero-order valence-electron chi connectivity index (χ0n) is 18.0. The topological polar surface area (TPSA) is 123 Å². The standard InChI is InChI=1S/C22H27N3O7/c1-14(19(27)23-12-15-6-7-16-17(11-15)31-13-30-16)32-18(26)5-4-10-25-20(28)22(24-21(25)29)8-2-3-9-22/h6-7,11,14H,2-5,8-10,12-13H2,1H3,(H,23,27)(H,24,29)/t14-/m1/s1. The van der Waals surface area contributed by atoms with E-state index in [0.29, 0.717) is 24.3 Å². The summed E-state index contributed by atoms with van der Waals surface area (Å²) in [7, 11) is 0. The van der Waals surface area contributed by atoms with Crippen molar-refractivity contribution in [2.75, 3.05) is 13.3 Å². The van der Waals surface area contributed by atoms with Crippen LogP contribution in [0.1, 0.15) is 51.0 Å². The molecule has 0 unspecified atom stereocenters. The Kier molecular flexibility index (Phi) is 6.20. The van der Waals surface area contributed by atoms with Crippen molar-refractivity contribution in [3.63, 3.8) is 0 Å². The quantitative estimate of drug-likeness (QED) is 0.460. The van der Waals surface area contributed by atoms with Gasteiger partial charge in [0.05, 0.1) is 0 Å². The minimum absolute atomic E-state index is 0.00381. The largest absolute Gasteiger partial charge is 0.454 e. The van der Waals surface area contributed by atoms with Crippen molar-refractivity contribution >= 4 is 23.8 Å². The van der Waals surface area contributed by atoms with Crippen LogP contribution in [-0.4, -0.2) is 53.7 Å². The van der Waals surface area contributed by atoms with E-state index in [1.165, 1.54) is 11.8 Å². The van der Waals surface area contributed by atoms with Crippen LogP contribution in [0.4, 0.5) is 4.79 Å². The Hall–Kier alpha value is -3.30. The van der Waals surface area contributed by atoms with Gasteiger partial charge in [-0.25, -0.2) is 4.79 Å². The van der Waals surface area contributed by atoms with Crippen molar-refractivity contribution in [2.24, 2.45) is 0 Å². The lowest BCUT2D eigenvalue weighted by atomic mass is 9.98. The molecular weight excluding hydrogens is 418 g/mol. The first-order valence-electron chi connectivity index (χ1n) is 10.9. The molecule has 2 fully saturated rings. The second kappa shape index (κ2) is 9.05. The summed E-state index contributed by atoms with van der Waals surface area (Å²) in [6, 6.07) is 4.97. The highest BCUT2D eigenvalue weighted by Crippen LogP contribution is 2.35. The van der Waals surface area contributed by atoms with E-state index in [-0.39, 0.29) is 38.6 Å².